The molecule has 1 saturated heterocycles. The SMILES string of the molecule is CN1CCC(CNCc2ccc(C(=O)O)c(F)c2)C1. The molecule has 1 aromatic carbocycles. The molecule has 2 rings (SSSR count). The molecule has 0 spiro atoms. The average molecular weight is 266 g/mol. The fourth-order valence-electron chi connectivity index (χ4n) is 2.46. The first-order valence-corrected chi connectivity index (χ1v) is 6.47. The molecule has 4 nitrogen and oxygen atoms in total. The van der Waals surface area contributed by atoms with Gasteiger partial charge in [-0.1, -0.05) is 6.07 Å². The minimum Gasteiger partial charge on any atom is -0.478 e. The molecular formula is C14H19FN2O2. The van der Waals surface area contributed by atoms with E-state index in [0.717, 1.165) is 25.2 Å². The van der Waals surface area contributed by atoms with E-state index in [0.29, 0.717) is 12.5 Å². The smallest absolute Gasteiger partial charge is 0.338 e. The number of halogens is 1. The lowest BCUT2D eigenvalue weighted by molar-refractivity contribution is 0.0692. The van der Waals surface area contributed by atoms with Crippen molar-refractivity contribution in [2.24, 2.45) is 5.92 Å². The molecule has 1 aliphatic rings. The summed E-state index contributed by atoms with van der Waals surface area (Å²) in [5, 5.41) is 12.0. The topological polar surface area (TPSA) is 52.6 Å². The van der Waals surface area contributed by atoms with Crippen molar-refractivity contribution in [1.82, 2.24) is 10.2 Å². The molecule has 2 N–H and O–H groups in total. The number of rotatable bonds is 5. The van der Waals surface area contributed by atoms with E-state index in [2.05, 4.69) is 17.3 Å². The first kappa shape index (κ1) is 14.0. The van der Waals surface area contributed by atoms with Crippen LogP contribution in [0.5, 0.6) is 0 Å². The van der Waals surface area contributed by atoms with E-state index in [1.807, 2.05) is 0 Å². The highest BCUT2D eigenvalue weighted by Crippen LogP contribution is 2.14. The van der Waals surface area contributed by atoms with Crippen molar-refractivity contribution in [2.75, 3.05) is 26.7 Å². The third-order valence-corrected chi connectivity index (χ3v) is 3.51. The molecule has 0 radical (unpaired) electrons. The molecule has 1 unspecified atom stereocenters. The molecule has 104 valence electrons. The lowest BCUT2D eigenvalue weighted by atomic mass is 10.1. The second-order valence-corrected chi connectivity index (χ2v) is 5.17. The maximum Gasteiger partial charge on any atom is 0.338 e. The first-order chi connectivity index (χ1) is 9.06. The molecule has 1 atom stereocenters. The van der Waals surface area contributed by atoms with E-state index in [-0.39, 0.29) is 5.56 Å². The number of hydrogen-bond acceptors (Lipinski definition) is 3. The summed E-state index contributed by atoms with van der Waals surface area (Å²) in [5.74, 6) is -1.26. The number of likely N-dealkylation sites (tertiary alicyclic amines) is 1. The summed E-state index contributed by atoms with van der Waals surface area (Å²) in [5.41, 5.74) is 0.495. The highest BCUT2D eigenvalue weighted by molar-refractivity contribution is 5.87. The molecule has 0 aliphatic carbocycles. The Balaban J connectivity index is 1.83. The van der Waals surface area contributed by atoms with Gasteiger partial charge in [0.1, 0.15) is 5.82 Å². The minimum absolute atomic E-state index is 0.277. The van der Waals surface area contributed by atoms with E-state index in [1.54, 1.807) is 6.07 Å². The Hall–Kier alpha value is -1.46. The molecule has 1 aliphatic heterocycles. The molecule has 0 bridgehead atoms. The van der Waals surface area contributed by atoms with Crippen molar-refractivity contribution in [2.45, 2.75) is 13.0 Å². The second-order valence-electron chi connectivity index (χ2n) is 5.17. The van der Waals surface area contributed by atoms with Crippen LogP contribution in [0, 0.1) is 11.7 Å². The molecule has 5 heteroatoms. The van der Waals surface area contributed by atoms with E-state index >= 15 is 0 Å². The van der Waals surface area contributed by atoms with E-state index in [4.69, 9.17) is 5.11 Å². The van der Waals surface area contributed by atoms with E-state index in [9.17, 15) is 9.18 Å². The van der Waals surface area contributed by atoms with Crippen molar-refractivity contribution in [3.8, 4) is 0 Å². The third kappa shape index (κ3) is 3.75. The van der Waals surface area contributed by atoms with Crippen LogP contribution in [-0.2, 0) is 6.54 Å². The molecule has 1 heterocycles. The summed E-state index contributed by atoms with van der Waals surface area (Å²) in [7, 11) is 2.11. The predicted octanol–water partition coefficient (Wildman–Crippen LogP) is 1.57. The van der Waals surface area contributed by atoms with Gasteiger partial charge in [-0.2, -0.15) is 0 Å². The average Bonchev–Trinajstić information content (AvgIpc) is 2.75. The zero-order valence-corrected chi connectivity index (χ0v) is 11.0. The number of carboxylic acids is 1. The largest absolute Gasteiger partial charge is 0.478 e. The standard InChI is InChI=1S/C14H19FN2O2/c1-17-5-4-11(9-17)8-16-7-10-2-3-12(14(18)19)13(15)6-10/h2-3,6,11,16H,4-5,7-9H2,1H3,(H,18,19). The number of nitrogens with zero attached hydrogens (tertiary/aromatic N) is 1. The molecule has 1 aromatic rings. The van der Waals surface area contributed by atoms with Crippen LogP contribution in [0.1, 0.15) is 22.3 Å². The molecule has 19 heavy (non-hydrogen) atoms. The third-order valence-electron chi connectivity index (χ3n) is 3.51. The highest BCUT2D eigenvalue weighted by atomic mass is 19.1. The van der Waals surface area contributed by atoms with Crippen LogP contribution < -0.4 is 5.32 Å². The van der Waals surface area contributed by atoms with Gasteiger partial charge in [0.15, 0.2) is 0 Å². The van der Waals surface area contributed by atoms with Crippen LogP contribution in [-0.4, -0.2) is 42.7 Å². The Kier molecular flexibility index (Phi) is 4.50. The van der Waals surface area contributed by atoms with Crippen LogP contribution >= 0.6 is 0 Å². The maximum atomic E-state index is 13.5. The Morgan fingerprint density at radius 1 is 1.58 bits per heavy atom. The quantitative estimate of drug-likeness (QED) is 0.849. The van der Waals surface area contributed by atoms with Gasteiger partial charge < -0.3 is 15.3 Å². The number of carboxylic acid groups (broad SMARTS) is 1. The number of aromatic carboxylic acids is 1. The Bertz CT molecular complexity index is 465. The summed E-state index contributed by atoms with van der Waals surface area (Å²) in [6.45, 7) is 3.71. The number of nitrogens with one attached hydrogen (secondary N) is 1. The zero-order chi connectivity index (χ0) is 13.8. The molecule has 1 fully saturated rings. The Labute approximate surface area is 112 Å². The van der Waals surface area contributed by atoms with Gasteiger partial charge in [0.2, 0.25) is 0 Å². The number of benzene rings is 1. The summed E-state index contributed by atoms with van der Waals surface area (Å²) in [6, 6.07) is 4.26. The maximum absolute atomic E-state index is 13.5. The fraction of sp³-hybridized carbons (Fsp3) is 0.500. The normalized spacial score (nSPS) is 19.8. The Morgan fingerprint density at radius 3 is 2.95 bits per heavy atom. The second kappa shape index (κ2) is 6.12. The Morgan fingerprint density at radius 2 is 2.37 bits per heavy atom. The van der Waals surface area contributed by atoms with Crippen LogP contribution in [0.15, 0.2) is 18.2 Å². The lowest BCUT2D eigenvalue weighted by Crippen LogP contribution is -2.24. The molecule has 0 aromatic heterocycles. The van der Waals surface area contributed by atoms with Crippen LogP contribution in [0.4, 0.5) is 4.39 Å². The van der Waals surface area contributed by atoms with Crippen LogP contribution in [0.25, 0.3) is 0 Å². The van der Waals surface area contributed by atoms with Gasteiger partial charge in [-0.15, -0.1) is 0 Å². The lowest BCUT2D eigenvalue weighted by Gasteiger charge is -2.12. The van der Waals surface area contributed by atoms with Crippen molar-refractivity contribution in [3.63, 3.8) is 0 Å². The van der Waals surface area contributed by atoms with Crippen molar-refractivity contribution in [3.05, 3.63) is 35.1 Å². The van der Waals surface area contributed by atoms with Crippen LogP contribution in [0.2, 0.25) is 0 Å². The zero-order valence-electron chi connectivity index (χ0n) is 11.0. The number of carbonyl (C=O) groups is 1. The summed E-state index contributed by atoms with van der Waals surface area (Å²) in [4.78, 5) is 13.0. The summed E-state index contributed by atoms with van der Waals surface area (Å²) >= 11 is 0. The van der Waals surface area contributed by atoms with Crippen LogP contribution in [0.3, 0.4) is 0 Å². The minimum atomic E-state index is -1.23. The van der Waals surface area contributed by atoms with Gasteiger partial charge in [0, 0.05) is 13.1 Å². The fourth-order valence-corrected chi connectivity index (χ4v) is 2.46. The monoisotopic (exact) mass is 266 g/mol. The summed E-state index contributed by atoms with van der Waals surface area (Å²) < 4.78 is 13.5. The van der Waals surface area contributed by atoms with Gasteiger partial charge in [-0.3, -0.25) is 0 Å². The van der Waals surface area contributed by atoms with Gasteiger partial charge in [-0.25, -0.2) is 9.18 Å². The molecular weight excluding hydrogens is 247 g/mol. The van der Waals surface area contributed by atoms with Crippen molar-refractivity contribution < 1.29 is 14.3 Å². The first-order valence-electron chi connectivity index (χ1n) is 6.47. The number of hydrogen-bond donors (Lipinski definition) is 2. The molecule has 0 amide bonds. The van der Waals surface area contributed by atoms with E-state index in [1.165, 1.54) is 18.6 Å². The molecule has 0 saturated carbocycles. The van der Waals surface area contributed by atoms with Crippen molar-refractivity contribution >= 4 is 5.97 Å². The van der Waals surface area contributed by atoms with Gasteiger partial charge in [0.25, 0.3) is 0 Å². The van der Waals surface area contributed by atoms with Gasteiger partial charge in [-0.05, 0) is 50.2 Å². The highest BCUT2D eigenvalue weighted by Gasteiger charge is 2.18. The van der Waals surface area contributed by atoms with E-state index < -0.39 is 11.8 Å². The summed E-state index contributed by atoms with van der Waals surface area (Å²) in [6.07, 6.45) is 1.19. The van der Waals surface area contributed by atoms with Gasteiger partial charge in [0.05, 0.1) is 5.56 Å². The van der Waals surface area contributed by atoms with Gasteiger partial charge >= 0.3 is 5.97 Å². The van der Waals surface area contributed by atoms with Crippen molar-refractivity contribution in [1.29, 1.82) is 0 Å². The predicted molar refractivity (Wildman–Crippen MR) is 70.7 cm³/mol.